The fraction of sp³-hybridized carbons (Fsp3) is 0.588. The molecule has 0 aromatic heterocycles. The number of ether oxygens (including phenoxy) is 2. The molecule has 1 heterocycles. The summed E-state index contributed by atoms with van der Waals surface area (Å²) in [6, 6.07) is 6.16. The van der Waals surface area contributed by atoms with Crippen LogP contribution in [0.4, 0.5) is 0 Å². The first-order valence-corrected chi connectivity index (χ1v) is 7.66. The van der Waals surface area contributed by atoms with Gasteiger partial charge in [-0.25, -0.2) is 0 Å². The lowest BCUT2D eigenvalue weighted by atomic mass is 9.97. The minimum Gasteiger partial charge on any atom is -0.493 e. The van der Waals surface area contributed by atoms with E-state index in [0.717, 1.165) is 25.2 Å². The van der Waals surface area contributed by atoms with Crippen molar-refractivity contribution in [2.45, 2.75) is 45.7 Å². The Labute approximate surface area is 126 Å². The SMILES string of the molecule is CCC(N[C@H](C(=O)OC)C(C)C)c1ccc2c(c1)CCO2. The highest BCUT2D eigenvalue weighted by molar-refractivity contribution is 5.76. The van der Waals surface area contributed by atoms with Gasteiger partial charge >= 0.3 is 5.97 Å². The molecule has 21 heavy (non-hydrogen) atoms. The van der Waals surface area contributed by atoms with Crippen molar-refractivity contribution >= 4 is 5.97 Å². The fourth-order valence-corrected chi connectivity index (χ4v) is 2.75. The number of benzene rings is 1. The van der Waals surface area contributed by atoms with E-state index >= 15 is 0 Å². The fourth-order valence-electron chi connectivity index (χ4n) is 2.75. The molecular weight excluding hydrogens is 266 g/mol. The average Bonchev–Trinajstić information content (AvgIpc) is 2.94. The van der Waals surface area contributed by atoms with Crippen molar-refractivity contribution in [3.8, 4) is 5.75 Å². The van der Waals surface area contributed by atoms with Gasteiger partial charge in [0, 0.05) is 12.5 Å². The molecule has 0 amide bonds. The summed E-state index contributed by atoms with van der Waals surface area (Å²) < 4.78 is 10.5. The second-order valence-electron chi connectivity index (χ2n) is 5.84. The molecule has 1 aromatic rings. The van der Waals surface area contributed by atoms with Gasteiger partial charge in [-0.05, 0) is 29.5 Å². The summed E-state index contributed by atoms with van der Waals surface area (Å²) in [5.74, 6) is 0.971. The Morgan fingerprint density at radius 2 is 2.19 bits per heavy atom. The molecule has 0 radical (unpaired) electrons. The number of esters is 1. The predicted octanol–water partition coefficient (Wildman–Crippen LogP) is 2.86. The zero-order valence-electron chi connectivity index (χ0n) is 13.3. The first-order chi connectivity index (χ1) is 10.1. The first kappa shape index (κ1) is 15.8. The molecule has 0 bridgehead atoms. The molecule has 116 valence electrons. The molecule has 2 rings (SSSR count). The van der Waals surface area contributed by atoms with Gasteiger partial charge < -0.3 is 9.47 Å². The highest BCUT2D eigenvalue weighted by Gasteiger charge is 2.26. The smallest absolute Gasteiger partial charge is 0.323 e. The Balaban J connectivity index is 2.17. The van der Waals surface area contributed by atoms with Gasteiger partial charge in [-0.15, -0.1) is 0 Å². The van der Waals surface area contributed by atoms with Crippen LogP contribution in [0.25, 0.3) is 0 Å². The number of hydrogen-bond acceptors (Lipinski definition) is 4. The Bertz CT molecular complexity index is 499. The minimum absolute atomic E-state index is 0.141. The lowest BCUT2D eigenvalue weighted by molar-refractivity contribution is -0.144. The molecule has 0 saturated carbocycles. The van der Waals surface area contributed by atoms with E-state index < -0.39 is 0 Å². The summed E-state index contributed by atoms with van der Waals surface area (Å²) in [6.45, 7) is 6.94. The van der Waals surface area contributed by atoms with E-state index in [9.17, 15) is 4.79 Å². The lowest BCUT2D eigenvalue weighted by Crippen LogP contribution is -2.43. The number of hydrogen-bond donors (Lipinski definition) is 1. The van der Waals surface area contributed by atoms with Gasteiger partial charge in [-0.2, -0.15) is 0 Å². The Morgan fingerprint density at radius 3 is 2.81 bits per heavy atom. The molecule has 1 aromatic carbocycles. The molecular formula is C17H25NO3. The minimum atomic E-state index is -0.288. The zero-order valence-corrected chi connectivity index (χ0v) is 13.3. The first-order valence-electron chi connectivity index (χ1n) is 7.66. The summed E-state index contributed by atoms with van der Waals surface area (Å²) in [5.41, 5.74) is 2.46. The molecule has 0 fully saturated rings. The van der Waals surface area contributed by atoms with Crippen LogP contribution in [0.3, 0.4) is 0 Å². The van der Waals surface area contributed by atoms with E-state index in [2.05, 4.69) is 24.4 Å². The van der Waals surface area contributed by atoms with Gasteiger partial charge in [0.1, 0.15) is 11.8 Å². The number of carbonyl (C=O) groups excluding carboxylic acids is 1. The zero-order chi connectivity index (χ0) is 15.4. The second kappa shape index (κ2) is 6.94. The standard InChI is InChI=1S/C17H25NO3/c1-5-14(18-16(11(2)3)17(19)20-4)12-6-7-15-13(10-12)8-9-21-15/h6-7,10-11,14,16,18H,5,8-9H2,1-4H3/t14?,16-/m0/s1. The number of methoxy groups -OCH3 is 1. The third-order valence-corrected chi connectivity index (χ3v) is 4.03. The quantitative estimate of drug-likeness (QED) is 0.819. The molecule has 4 nitrogen and oxygen atoms in total. The van der Waals surface area contributed by atoms with Crippen LogP contribution in [0.5, 0.6) is 5.75 Å². The highest BCUT2D eigenvalue weighted by Crippen LogP contribution is 2.29. The molecule has 2 atom stereocenters. The Hall–Kier alpha value is -1.55. The third-order valence-electron chi connectivity index (χ3n) is 4.03. The van der Waals surface area contributed by atoms with Crippen LogP contribution in [0.15, 0.2) is 18.2 Å². The van der Waals surface area contributed by atoms with Gasteiger partial charge in [-0.1, -0.05) is 32.9 Å². The van der Waals surface area contributed by atoms with Crippen molar-refractivity contribution in [3.05, 3.63) is 29.3 Å². The van der Waals surface area contributed by atoms with E-state index in [-0.39, 0.29) is 24.0 Å². The Morgan fingerprint density at radius 1 is 1.43 bits per heavy atom. The number of nitrogens with one attached hydrogen (secondary N) is 1. The molecule has 1 N–H and O–H groups in total. The molecule has 1 aliphatic heterocycles. The Kier molecular flexibility index (Phi) is 5.23. The molecule has 0 spiro atoms. The van der Waals surface area contributed by atoms with Crippen LogP contribution in [0.2, 0.25) is 0 Å². The molecule has 0 saturated heterocycles. The van der Waals surface area contributed by atoms with E-state index in [1.54, 1.807) is 0 Å². The van der Waals surface area contributed by atoms with Crippen molar-refractivity contribution in [2.24, 2.45) is 5.92 Å². The van der Waals surface area contributed by atoms with Crippen molar-refractivity contribution in [3.63, 3.8) is 0 Å². The van der Waals surface area contributed by atoms with Gasteiger partial charge in [-0.3, -0.25) is 10.1 Å². The van der Waals surface area contributed by atoms with Gasteiger partial charge in [0.25, 0.3) is 0 Å². The molecule has 4 heteroatoms. The van der Waals surface area contributed by atoms with Crippen molar-refractivity contribution < 1.29 is 14.3 Å². The second-order valence-corrected chi connectivity index (χ2v) is 5.84. The maximum atomic E-state index is 11.9. The van der Waals surface area contributed by atoms with Crippen LogP contribution in [0, 0.1) is 5.92 Å². The van der Waals surface area contributed by atoms with Crippen molar-refractivity contribution in [1.29, 1.82) is 0 Å². The molecule has 1 unspecified atom stereocenters. The predicted molar refractivity (Wildman–Crippen MR) is 82.5 cm³/mol. The summed E-state index contributed by atoms with van der Waals surface area (Å²) in [6.07, 6.45) is 1.88. The maximum absolute atomic E-state index is 11.9. The van der Waals surface area contributed by atoms with E-state index in [1.165, 1.54) is 18.2 Å². The highest BCUT2D eigenvalue weighted by atomic mass is 16.5. The van der Waals surface area contributed by atoms with Crippen LogP contribution >= 0.6 is 0 Å². The summed E-state index contributed by atoms with van der Waals surface area (Å²) in [7, 11) is 1.44. The molecule has 1 aliphatic rings. The topological polar surface area (TPSA) is 47.6 Å². The van der Waals surface area contributed by atoms with Crippen LogP contribution in [0.1, 0.15) is 44.4 Å². The van der Waals surface area contributed by atoms with E-state index in [4.69, 9.17) is 9.47 Å². The third kappa shape index (κ3) is 3.56. The van der Waals surface area contributed by atoms with Crippen LogP contribution in [-0.4, -0.2) is 25.7 Å². The summed E-state index contributed by atoms with van der Waals surface area (Å²) in [4.78, 5) is 11.9. The van der Waals surface area contributed by atoms with Gasteiger partial charge in [0.2, 0.25) is 0 Å². The largest absolute Gasteiger partial charge is 0.493 e. The van der Waals surface area contributed by atoms with Crippen molar-refractivity contribution in [1.82, 2.24) is 5.32 Å². The van der Waals surface area contributed by atoms with Crippen LogP contribution < -0.4 is 10.1 Å². The number of carbonyl (C=O) groups is 1. The van der Waals surface area contributed by atoms with Crippen molar-refractivity contribution in [2.75, 3.05) is 13.7 Å². The average molecular weight is 291 g/mol. The van der Waals surface area contributed by atoms with Gasteiger partial charge in [0.05, 0.1) is 13.7 Å². The number of fused-ring (bicyclic) bond motifs is 1. The van der Waals surface area contributed by atoms with Gasteiger partial charge in [0.15, 0.2) is 0 Å². The summed E-state index contributed by atoms with van der Waals surface area (Å²) in [5, 5.41) is 3.45. The lowest BCUT2D eigenvalue weighted by Gasteiger charge is -2.26. The maximum Gasteiger partial charge on any atom is 0.323 e. The monoisotopic (exact) mass is 291 g/mol. The number of rotatable bonds is 6. The molecule has 0 aliphatic carbocycles. The van der Waals surface area contributed by atoms with Crippen LogP contribution in [-0.2, 0) is 16.0 Å². The van der Waals surface area contributed by atoms with E-state index in [1.807, 2.05) is 19.9 Å². The van der Waals surface area contributed by atoms with E-state index in [0.29, 0.717) is 0 Å². The summed E-state index contributed by atoms with van der Waals surface area (Å²) >= 11 is 0. The normalized spacial score (nSPS) is 16.2.